The summed E-state index contributed by atoms with van der Waals surface area (Å²) in [6, 6.07) is 16.9. The fraction of sp³-hybridized carbons (Fsp3) is 0.355. The fourth-order valence-corrected chi connectivity index (χ4v) is 6.18. The summed E-state index contributed by atoms with van der Waals surface area (Å²) in [5.41, 5.74) is 1.67. The van der Waals surface area contributed by atoms with Gasteiger partial charge in [0, 0.05) is 17.6 Å². The number of anilines is 1. The SMILES string of the molecule is CC[C@H](C(=O)N[C@@H](C)CC)N(Cc1ccc(OC)cc1)C(=O)CN(c1cc(Cl)ccc1Cl)S(=O)(=O)c1ccc(C)cc1. The first-order valence-corrected chi connectivity index (χ1v) is 15.9. The predicted molar refractivity (Wildman–Crippen MR) is 168 cm³/mol. The third-order valence-electron chi connectivity index (χ3n) is 6.96. The van der Waals surface area contributed by atoms with E-state index in [0.717, 1.165) is 15.4 Å². The maximum atomic E-state index is 14.2. The van der Waals surface area contributed by atoms with Crippen molar-refractivity contribution in [2.24, 2.45) is 0 Å². The Morgan fingerprint density at radius 1 is 0.952 bits per heavy atom. The highest BCUT2D eigenvalue weighted by Crippen LogP contribution is 2.33. The van der Waals surface area contributed by atoms with E-state index in [4.69, 9.17) is 27.9 Å². The molecule has 0 spiro atoms. The van der Waals surface area contributed by atoms with Crippen LogP contribution < -0.4 is 14.4 Å². The summed E-state index contributed by atoms with van der Waals surface area (Å²) in [4.78, 5) is 29.0. The Hall–Kier alpha value is -3.27. The minimum Gasteiger partial charge on any atom is -0.497 e. The average Bonchev–Trinajstić information content (AvgIpc) is 2.97. The molecule has 3 aromatic carbocycles. The molecular formula is C31H37Cl2N3O5S. The molecule has 2 amide bonds. The first-order chi connectivity index (χ1) is 19.9. The van der Waals surface area contributed by atoms with Gasteiger partial charge in [-0.3, -0.25) is 13.9 Å². The molecule has 0 aliphatic heterocycles. The predicted octanol–water partition coefficient (Wildman–Crippen LogP) is 6.23. The number of nitrogens with zero attached hydrogens (tertiary/aromatic N) is 2. The summed E-state index contributed by atoms with van der Waals surface area (Å²) in [5, 5.41) is 3.31. The van der Waals surface area contributed by atoms with Crippen LogP contribution in [0.5, 0.6) is 5.75 Å². The molecule has 0 saturated heterocycles. The van der Waals surface area contributed by atoms with Crippen molar-refractivity contribution in [3.63, 3.8) is 0 Å². The van der Waals surface area contributed by atoms with E-state index in [1.54, 1.807) is 43.5 Å². The highest BCUT2D eigenvalue weighted by atomic mass is 35.5. The minimum absolute atomic E-state index is 0.0137. The van der Waals surface area contributed by atoms with Crippen LogP contribution in [0.1, 0.15) is 44.7 Å². The van der Waals surface area contributed by atoms with Gasteiger partial charge < -0.3 is 15.0 Å². The van der Waals surface area contributed by atoms with E-state index >= 15 is 0 Å². The van der Waals surface area contributed by atoms with E-state index in [2.05, 4.69) is 5.32 Å². The summed E-state index contributed by atoms with van der Waals surface area (Å²) >= 11 is 12.7. The molecule has 0 saturated carbocycles. The second-order valence-corrected chi connectivity index (χ2v) is 12.7. The smallest absolute Gasteiger partial charge is 0.264 e. The standard InChI is InChI=1S/C31H37Cl2N3O5S/c1-6-22(4)34-31(38)28(7-2)35(19-23-10-13-25(41-5)14-11-23)30(37)20-36(29-18-24(32)12-17-27(29)33)42(39,40)26-15-8-21(3)9-16-26/h8-18,22,28H,6-7,19-20H2,1-5H3,(H,34,38)/t22-,28+/m0/s1. The van der Waals surface area contributed by atoms with Crippen molar-refractivity contribution in [2.45, 2.75) is 64.1 Å². The number of sulfonamides is 1. The van der Waals surface area contributed by atoms with Crippen molar-refractivity contribution in [1.82, 2.24) is 10.2 Å². The van der Waals surface area contributed by atoms with Crippen molar-refractivity contribution in [3.05, 3.63) is 87.9 Å². The Morgan fingerprint density at radius 3 is 2.17 bits per heavy atom. The molecule has 0 fully saturated rings. The van der Waals surface area contributed by atoms with Gasteiger partial charge in [-0.1, -0.05) is 66.9 Å². The maximum absolute atomic E-state index is 14.2. The van der Waals surface area contributed by atoms with Gasteiger partial charge in [-0.2, -0.15) is 0 Å². The number of halogens is 2. The van der Waals surface area contributed by atoms with E-state index in [0.29, 0.717) is 18.6 Å². The zero-order valence-corrected chi connectivity index (χ0v) is 26.8. The lowest BCUT2D eigenvalue weighted by Gasteiger charge is -2.34. The Labute approximate surface area is 258 Å². The van der Waals surface area contributed by atoms with Crippen molar-refractivity contribution >= 4 is 50.7 Å². The van der Waals surface area contributed by atoms with Crippen LogP contribution in [0.25, 0.3) is 0 Å². The van der Waals surface area contributed by atoms with Gasteiger partial charge in [-0.25, -0.2) is 8.42 Å². The second kappa shape index (κ2) is 14.8. The van der Waals surface area contributed by atoms with Crippen molar-refractivity contribution in [1.29, 1.82) is 0 Å². The van der Waals surface area contributed by atoms with Gasteiger partial charge in [0.05, 0.1) is 22.7 Å². The van der Waals surface area contributed by atoms with Crippen LogP contribution in [0.2, 0.25) is 10.0 Å². The first kappa shape index (κ1) is 33.2. The molecule has 0 bridgehead atoms. The number of rotatable bonds is 13. The number of ether oxygens (including phenoxy) is 1. The Bertz CT molecular complexity index is 1480. The molecular weight excluding hydrogens is 597 g/mol. The number of nitrogens with one attached hydrogen (secondary N) is 1. The van der Waals surface area contributed by atoms with Crippen LogP contribution >= 0.6 is 23.2 Å². The number of hydrogen-bond acceptors (Lipinski definition) is 5. The van der Waals surface area contributed by atoms with Gasteiger partial charge in [-0.15, -0.1) is 0 Å². The lowest BCUT2D eigenvalue weighted by Crippen LogP contribution is -2.53. The largest absolute Gasteiger partial charge is 0.497 e. The van der Waals surface area contributed by atoms with Gasteiger partial charge in [-0.05, 0) is 74.7 Å². The zero-order chi connectivity index (χ0) is 31.0. The number of methoxy groups -OCH3 is 1. The molecule has 2 atom stereocenters. The van der Waals surface area contributed by atoms with E-state index in [9.17, 15) is 18.0 Å². The quantitative estimate of drug-likeness (QED) is 0.241. The molecule has 0 unspecified atom stereocenters. The minimum atomic E-state index is -4.27. The highest BCUT2D eigenvalue weighted by molar-refractivity contribution is 7.92. The molecule has 0 aromatic heterocycles. The van der Waals surface area contributed by atoms with E-state index in [-0.39, 0.29) is 39.1 Å². The summed E-state index contributed by atoms with van der Waals surface area (Å²) in [5.74, 6) is -0.254. The van der Waals surface area contributed by atoms with Crippen LogP contribution in [-0.2, 0) is 26.2 Å². The maximum Gasteiger partial charge on any atom is 0.264 e. The van der Waals surface area contributed by atoms with Crippen molar-refractivity contribution in [2.75, 3.05) is 18.0 Å². The normalized spacial score (nSPS) is 12.7. The molecule has 1 N–H and O–H groups in total. The number of benzene rings is 3. The highest BCUT2D eigenvalue weighted by Gasteiger charge is 2.34. The Kier molecular flexibility index (Phi) is 11.7. The lowest BCUT2D eigenvalue weighted by molar-refractivity contribution is -0.140. The molecule has 226 valence electrons. The molecule has 0 aliphatic carbocycles. The molecule has 42 heavy (non-hydrogen) atoms. The molecule has 3 rings (SSSR count). The average molecular weight is 635 g/mol. The number of carbonyl (C=O) groups excluding carboxylic acids is 2. The van der Waals surface area contributed by atoms with Crippen LogP contribution in [0.4, 0.5) is 5.69 Å². The number of carbonyl (C=O) groups is 2. The molecule has 8 nitrogen and oxygen atoms in total. The van der Waals surface area contributed by atoms with Crippen LogP contribution in [0.15, 0.2) is 71.6 Å². The van der Waals surface area contributed by atoms with Gasteiger partial charge in [0.2, 0.25) is 11.8 Å². The van der Waals surface area contributed by atoms with E-state index < -0.39 is 28.5 Å². The Morgan fingerprint density at radius 2 is 1.60 bits per heavy atom. The van der Waals surface area contributed by atoms with Crippen molar-refractivity contribution in [3.8, 4) is 5.75 Å². The number of amides is 2. The molecule has 0 radical (unpaired) electrons. The fourth-order valence-electron chi connectivity index (χ4n) is 4.32. The van der Waals surface area contributed by atoms with E-state index in [1.807, 2.05) is 27.7 Å². The number of aryl methyl sites for hydroxylation is 1. The Balaban J connectivity index is 2.09. The van der Waals surface area contributed by atoms with Crippen LogP contribution in [-0.4, -0.2) is 50.9 Å². The van der Waals surface area contributed by atoms with Gasteiger partial charge in [0.15, 0.2) is 0 Å². The van der Waals surface area contributed by atoms with Gasteiger partial charge in [0.25, 0.3) is 10.0 Å². The number of hydrogen-bond donors (Lipinski definition) is 1. The molecule has 3 aromatic rings. The van der Waals surface area contributed by atoms with Gasteiger partial charge >= 0.3 is 0 Å². The summed E-state index contributed by atoms with van der Waals surface area (Å²) < 4.78 is 34.2. The second-order valence-electron chi connectivity index (χ2n) is 10.0. The van der Waals surface area contributed by atoms with Crippen LogP contribution in [0.3, 0.4) is 0 Å². The molecule has 11 heteroatoms. The third-order valence-corrected chi connectivity index (χ3v) is 9.29. The molecule has 0 heterocycles. The zero-order valence-electron chi connectivity index (χ0n) is 24.4. The summed E-state index contributed by atoms with van der Waals surface area (Å²) in [6.07, 6.45) is 1.03. The third kappa shape index (κ3) is 8.18. The van der Waals surface area contributed by atoms with Crippen molar-refractivity contribution < 1.29 is 22.7 Å². The molecule has 0 aliphatic rings. The lowest BCUT2D eigenvalue weighted by atomic mass is 10.1. The van der Waals surface area contributed by atoms with E-state index in [1.165, 1.54) is 35.2 Å². The monoisotopic (exact) mass is 633 g/mol. The summed E-state index contributed by atoms with van der Waals surface area (Å²) in [7, 11) is -2.71. The first-order valence-electron chi connectivity index (χ1n) is 13.7. The van der Waals surface area contributed by atoms with Gasteiger partial charge in [0.1, 0.15) is 18.3 Å². The topological polar surface area (TPSA) is 96.0 Å². The van der Waals surface area contributed by atoms with Crippen LogP contribution in [0, 0.1) is 6.92 Å². The summed E-state index contributed by atoms with van der Waals surface area (Å²) in [6.45, 7) is 6.95.